The van der Waals surface area contributed by atoms with E-state index in [1.165, 1.54) is 0 Å². The van der Waals surface area contributed by atoms with Gasteiger partial charge in [0.2, 0.25) is 0 Å². The number of nitrogens with two attached hydrogens (primary N) is 1. The number of aliphatic carboxylic acids is 1. The Bertz CT molecular complexity index is 141. The molecule has 1 aliphatic rings. The number of carbonyl (C=O) groups is 1. The topological polar surface area (TPSA) is 75.4 Å². The molecule has 1 heterocycles. The highest BCUT2D eigenvalue weighted by Gasteiger charge is 2.34. The standard InChI is InChI=1S/C6H12N2O2/c7-6(5(9)10)2-1-3-8-4-6/h8H,1-4,7H2,(H,9,10). The SMILES string of the molecule is NC1(C(=O)O)CCCNC1. The molecule has 10 heavy (non-hydrogen) atoms. The highest BCUT2D eigenvalue weighted by atomic mass is 16.4. The third-order valence-electron chi connectivity index (χ3n) is 1.84. The van der Waals surface area contributed by atoms with Gasteiger partial charge in [-0.15, -0.1) is 0 Å². The first-order valence-corrected chi connectivity index (χ1v) is 3.38. The summed E-state index contributed by atoms with van der Waals surface area (Å²) in [4.78, 5) is 10.5. The minimum Gasteiger partial charge on any atom is -0.480 e. The summed E-state index contributed by atoms with van der Waals surface area (Å²) in [5.41, 5.74) is 4.52. The van der Waals surface area contributed by atoms with E-state index in [1.54, 1.807) is 0 Å². The van der Waals surface area contributed by atoms with E-state index in [9.17, 15) is 4.79 Å². The van der Waals surface area contributed by atoms with Gasteiger partial charge in [-0.2, -0.15) is 0 Å². The highest BCUT2D eigenvalue weighted by Crippen LogP contribution is 2.12. The maximum atomic E-state index is 10.5. The quantitative estimate of drug-likeness (QED) is 0.448. The largest absolute Gasteiger partial charge is 0.480 e. The van der Waals surface area contributed by atoms with Gasteiger partial charge in [-0.05, 0) is 19.4 Å². The molecule has 4 heteroatoms. The molecule has 1 atom stereocenters. The van der Waals surface area contributed by atoms with E-state index in [2.05, 4.69) is 5.32 Å². The normalized spacial score (nSPS) is 33.7. The second-order valence-electron chi connectivity index (χ2n) is 2.74. The van der Waals surface area contributed by atoms with Gasteiger partial charge in [-0.25, -0.2) is 0 Å². The molecule has 1 unspecified atom stereocenters. The molecule has 1 saturated heterocycles. The molecule has 0 aromatic heterocycles. The molecular formula is C6H12N2O2. The fourth-order valence-electron chi connectivity index (χ4n) is 1.11. The third kappa shape index (κ3) is 1.27. The summed E-state index contributed by atoms with van der Waals surface area (Å²) in [7, 11) is 0. The molecule has 0 amide bonds. The number of hydrogen-bond donors (Lipinski definition) is 3. The molecule has 0 aromatic carbocycles. The van der Waals surface area contributed by atoms with Crippen molar-refractivity contribution in [1.29, 1.82) is 0 Å². The van der Waals surface area contributed by atoms with E-state index in [1.807, 2.05) is 0 Å². The molecule has 4 N–H and O–H groups in total. The molecule has 0 aromatic rings. The molecule has 0 radical (unpaired) electrons. The van der Waals surface area contributed by atoms with Crippen LogP contribution in [0.3, 0.4) is 0 Å². The number of piperidine rings is 1. The van der Waals surface area contributed by atoms with E-state index in [-0.39, 0.29) is 0 Å². The first kappa shape index (κ1) is 7.50. The molecule has 4 nitrogen and oxygen atoms in total. The van der Waals surface area contributed by atoms with Crippen LogP contribution in [0, 0.1) is 0 Å². The Morgan fingerprint density at radius 2 is 2.40 bits per heavy atom. The van der Waals surface area contributed by atoms with Crippen LogP contribution in [0.2, 0.25) is 0 Å². The maximum Gasteiger partial charge on any atom is 0.325 e. The number of rotatable bonds is 1. The Morgan fingerprint density at radius 3 is 2.70 bits per heavy atom. The van der Waals surface area contributed by atoms with Gasteiger partial charge in [0, 0.05) is 6.54 Å². The third-order valence-corrected chi connectivity index (χ3v) is 1.84. The smallest absolute Gasteiger partial charge is 0.325 e. The second kappa shape index (κ2) is 2.56. The minimum atomic E-state index is -1.02. The zero-order valence-electron chi connectivity index (χ0n) is 5.76. The van der Waals surface area contributed by atoms with Crippen molar-refractivity contribution in [3.63, 3.8) is 0 Å². The molecule has 1 fully saturated rings. The van der Waals surface area contributed by atoms with Crippen LogP contribution >= 0.6 is 0 Å². The van der Waals surface area contributed by atoms with E-state index in [4.69, 9.17) is 10.8 Å². The van der Waals surface area contributed by atoms with Gasteiger partial charge in [0.25, 0.3) is 0 Å². The van der Waals surface area contributed by atoms with Crippen LogP contribution in [0.15, 0.2) is 0 Å². The Labute approximate surface area is 59.4 Å². The zero-order chi connectivity index (χ0) is 7.61. The van der Waals surface area contributed by atoms with Gasteiger partial charge in [0.1, 0.15) is 5.54 Å². The minimum absolute atomic E-state index is 0.391. The van der Waals surface area contributed by atoms with Crippen molar-refractivity contribution in [2.45, 2.75) is 18.4 Å². The van der Waals surface area contributed by atoms with E-state index >= 15 is 0 Å². The molecule has 1 rings (SSSR count). The Kier molecular flexibility index (Phi) is 1.92. The maximum absolute atomic E-state index is 10.5. The van der Waals surface area contributed by atoms with Crippen LogP contribution in [-0.2, 0) is 4.79 Å². The lowest BCUT2D eigenvalue weighted by molar-refractivity contribution is -0.143. The van der Waals surface area contributed by atoms with Crippen molar-refractivity contribution in [3.8, 4) is 0 Å². The van der Waals surface area contributed by atoms with Crippen molar-refractivity contribution >= 4 is 5.97 Å². The van der Waals surface area contributed by atoms with Crippen LogP contribution < -0.4 is 11.1 Å². The van der Waals surface area contributed by atoms with Gasteiger partial charge in [-0.3, -0.25) is 4.79 Å². The summed E-state index contributed by atoms with van der Waals surface area (Å²) in [5, 5.41) is 11.6. The number of nitrogens with one attached hydrogen (secondary N) is 1. The molecule has 0 aliphatic carbocycles. The summed E-state index contributed by atoms with van der Waals surface area (Å²) >= 11 is 0. The molecule has 0 bridgehead atoms. The fourth-order valence-corrected chi connectivity index (χ4v) is 1.11. The van der Waals surface area contributed by atoms with Crippen LogP contribution in [0.4, 0.5) is 0 Å². The average molecular weight is 144 g/mol. The van der Waals surface area contributed by atoms with Crippen LogP contribution in [0.5, 0.6) is 0 Å². The van der Waals surface area contributed by atoms with E-state index < -0.39 is 11.5 Å². The predicted molar refractivity (Wildman–Crippen MR) is 36.7 cm³/mol. The molecular weight excluding hydrogens is 132 g/mol. The van der Waals surface area contributed by atoms with Crippen molar-refractivity contribution in [2.24, 2.45) is 5.73 Å². The Balaban J connectivity index is 2.56. The predicted octanol–water partition coefficient (Wildman–Crippen LogP) is -0.848. The van der Waals surface area contributed by atoms with Crippen molar-refractivity contribution in [1.82, 2.24) is 5.32 Å². The van der Waals surface area contributed by atoms with Gasteiger partial charge in [-0.1, -0.05) is 0 Å². The molecule has 0 saturated carbocycles. The van der Waals surface area contributed by atoms with Gasteiger partial charge in [0.05, 0.1) is 0 Å². The summed E-state index contributed by atoms with van der Waals surface area (Å²) in [6.07, 6.45) is 1.43. The summed E-state index contributed by atoms with van der Waals surface area (Å²) in [6, 6.07) is 0. The number of hydrogen-bond acceptors (Lipinski definition) is 3. The average Bonchev–Trinajstić information content (AvgIpc) is 1.89. The second-order valence-corrected chi connectivity index (χ2v) is 2.74. The molecule has 1 aliphatic heterocycles. The van der Waals surface area contributed by atoms with Crippen LogP contribution in [0.25, 0.3) is 0 Å². The monoisotopic (exact) mass is 144 g/mol. The van der Waals surface area contributed by atoms with E-state index in [0.717, 1.165) is 13.0 Å². The van der Waals surface area contributed by atoms with Crippen molar-refractivity contribution < 1.29 is 9.90 Å². The number of carboxylic acid groups (broad SMARTS) is 1. The summed E-state index contributed by atoms with van der Waals surface area (Å²) in [6.45, 7) is 1.27. The van der Waals surface area contributed by atoms with Gasteiger partial charge < -0.3 is 16.2 Å². The highest BCUT2D eigenvalue weighted by molar-refractivity contribution is 5.78. The Hall–Kier alpha value is -0.610. The van der Waals surface area contributed by atoms with Gasteiger partial charge in [0.15, 0.2) is 0 Å². The zero-order valence-corrected chi connectivity index (χ0v) is 5.76. The van der Waals surface area contributed by atoms with Crippen LogP contribution in [-0.4, -0.2) is 29.7 Å². The first-order chi connectivity index (χ1) is 4.65. The summed E-state index contributed by atoms with van der Waals surface area (Å²) in [5.74, 6) is -0.903. The molecule has 0 spiro atoms. The number of carboxylic acids is 1. The lowest BCUT2D eigenvalue weighted by Crippen LogP contribution is -2.58. The first-order valence-electron chi connectivity index (χ1n) is 3.38. The van der Waals surface area contributed by atoms with Gasteiger partial charge >= 0.3 is 5.97 Å². The molecule has 58 valence electrons. The van der Waals surface area contributed by atoms with Crippen molar-refractivity contribution in [2.75, 3.05) is 13.1 Å². The fraction of sp³-hybridized carbons (Fsp3) is 0.833. The lowest BCUT2D eigenvalue weighted by atomic mass is 9.92. The summed E-state index contributed by atoms with van der Waals surface area (Å²) < 4.78 is 0. The van der Waals surface area contributed by atoms with Crippen LogP contribution in [0.1, 0.15) is 12.8 Å². The lowest BCUT2D eigenvalue weighted by Gasteiger charge is -2.29. The van der Waals surface area contributed by atoms with Crippen molar-refractivity contribution in [3.05, 3.63) is 0 Å². The van der Waals surface area contributed by atoms with E-state index in [0.29, 0.717) is 13.0 Å². The Morgan fingerprint density at radius 1 is 1.70 bits per heavy atom.